The van der Waals surface area contributed by atoms with Gasteiger partial charge in [0.1, 0.15) is 5.65 Å². The second kappa shape index (κ2) is 9.53. The van der Waals surface area contributed by atoms with Crippen LogP contribution in [0.5, 0.6) is 0 Å². The van der Waals surface area contributed by atoms with Crippen molar-refractivity contribution in [1.82, 2.24) is 9.38 Å². The van der Waals surface area contributed by atoms with Gasteiger partial charge in [0, 0.05) is 10.8 Å². The molecule has 2 nitrogen and oxygen atoms in total. The highest BCUT2D eigenvalue weighted by atomic mass is 15.0. The van der Waals surface area contributed by atoms with Crippen LogP contribution in [0.25, 0.3) is 55.8 Å². The second-order valence-electron chi connectivity index (χ2n) is 13.3. The van der Waals surface area contributed by atoms with Crippen molar-refractivity contribution in [1.29, 1.82) is 0 Å². The van der Waals surface area contributed by atoms with Gasteiger partial charge >= 0.3 is 0 Å². The van der Waals surface area contributed by atoms with Crippen molar-refractivity contribution >= 4 is 55.8 Å². The summed E-state index contributed by atoms with van der Waals surface area (Å²) >= 11 is 0. The predicted octanol–water partition coefficient (Wildman–Crippen LogP) is 10.5. The molecular formula is C42H34N2. The number of rotatable bonds is 3. The number of para-hydroxylation sites is 1. The molecule has 9 rings (SSSR count). The first-order valence-corrected chi connectivity index (χ1v) is 15.9. The van der Waals surface area contributed by atoms with Crippen LogP contribution in [0, 0.1) is 5.41 Å². The molecule has 2 heteroatoms. The molecule has 0 N–H and O–H groups in total. The monoisotopic (exact) mass is 566 g/mol. The van der Waals surface area contributed by atoms with E-state index in [9.17, 15) is 0 Å². The van der Waals surface area contributed by atoms with E-state index in [0.717, 1.165) is 37.0 Å². The number of fused-ring (bicyclic) bond motifs is 10. The molecule has 0 saturated carbocycles. The molecule has 2 aromatic heterocycles. The molecule has 7 aromatic rings. The summed E-state index contributed by atoms with van der Waals surface area (Å²) < 4.78 is 2.43. The average molecular weight is 567 g/mol. The van der Waals surface area contributed by atoms with E-state index in [1.165, 1.54) is 71.5 Å². The van der Waals surface area contributed by atoms with Crippen molar-refractivity contribution in [2.75, 3.05) is 0 Å². The summed E-state index contributed by atoms with van der Waals surface area (Å²) in [5.41, 5.74) is 13.4. The smallest absolute Gasteiger partial charge is 0.146 e. The number of nitrogens with zero attached hydrogens (tertiary/aromatic N) is 2. The van der Waals surface area contributed by atoms with Gasteiger partial charge in [-0.1, -0.05) is 123 Å². The summed E-state index contributed by atoms with van der Waals surface area (Å²) in [6.07, 6.45) is 11.2. The number of pyridine rings is 1. The highest BCUT2D eigenvalue weighted by molar-refractivity contribution is 6.12. The summed E-state index contributed by atoms with van der Waals surface area (Å²) in [4.78, 5) is 5.36. The van der Waals surface area contributed by atoms with Gasteiger partial charge in [0.15, 0.2) is 0 Å². The molecule has 44 heavy (non-hydrogen) atoms. The third kappa shape index (κ3) is 3.84. The molecule has 212 valence electrons. The maximum absolute atomic E-state index is 5.36. The van der Waals surface area contributed by atoms with Crippen molar-refractivity contribution < 1.29 is 0 Å². The number of imidazole rings is 1. The molecule has 0 spiro atoms. The lowest BCUT2D eigenvalue weighted by atomic mass is 9.72. The Hall–Kier alpha value is -4.95. The average Bonchev–Trinajstić information content (AvgIpc) is 3.45. The first kappa shape index (κ1) is 25.5. The van der Waals surface area contributed by atoms with Crippen molar-refractivity contribution in [3.05, 3.63) is 148 Å². The number of hydrogen-bond donors (Lipinski definition) is 0. The minimum Gasteiger partial charge on any atom is -0.295 e. The van der Waals surface area contributed by atoms with Gasteiger partial charge in [-0.3, -0.25) is 4.40 Å². The molecule has 0 aliphatic heterocycles. The van der Waals surface area contributed by atoms with Crippen molar-refractivity contribution in [3.8, 4) is 0 Å². The molecule has 0 radical (unpaired) electrons. The van der Waals surface area contributed by atoms with Crippen LogP contribution in [-0.4, -0.2) is 9.38 Å². The van der Waals surface area contributed by atoms with Crippen molar-refractivity contribution in [3.63, 3.8) is 0 Å². The van der Waals surface area contributed by atoms with E-state index >= 15 is 0 Å². The Balaban J connectivity index is 1.31. The molecule has 2 aliphatic rings. The molecule has 2 aliphatic carbocycles. The van der Waals surface area contributed by atoms with Crippen LogP contribution in [0.4, 0.5) is 0 Å². The summed E-state index contributed by atoms with van der Waals surface area (Å²) in [5.74, 6) is 0. The Morgan fingerprint density at radius 1 is 0.705 bits per heavy atom. The highest BCUT2D eigenvalue weighted by Gasteiger charge is 2.29. The molecular weight excluding hydrogens is 532 g/mol. The van der Waals surface area contributed by atoms with Gasteiger partial charge in [-0.05, 0) is 92.8 Å². The maximum Gasteiger partial charge on any atom is 0.146 e. The van der Waals surface area contributed by atoms with Crippen LogP contribution in [-0.2, 0) is 19.3 Å². The minimum absolute atomic E-state index is 0.121. The number of aromatic nitrogens is 2. The van der Waals surface area contributed by atoms with Crippen molar-refractivity contribution in [2.24, 2.45) is 5.41 Å². The van der Waals surface area contributed by atoms with Crippen LogP contribution >= 0.6 is 0 Å². The Kier molecular flexibility index (Phi) is 5.53. The third-order valence-corrected chi connectivity index (χ3v) is 9.91. The topological polar surface area (TPSA) is 17.3 Å². The van der Waals surface area contributed by atoms with E-state index in [1.807, 2.05) is 0 Å². The normalized spacial score (nSPS) is 15.5. The van der Waals surface area contributed by atoms with Crippen LogP contribution in [0.2, 0.25) is 0 Å². The van der Waals surface area contributed by atoms with Gasteiger partial charge in [0.25, 0.3) is 0 Å². The quantitative estimate of drug-likeness (QED) is 0.195. The molecule has 5 aromatic carbocycles. The van der Waals surface area contributed by atoms with E-state index in [4.69, 9.17) is 4.98 Å². The number of benzene rings is 5. The van der Waals surface area contributed by atoms with Crippen molar-refractivity contribution in [2.45, 2.75) is 39.5 Å². The lowest BCUT2D eigenvalue weighted by Crippen LogP contribution is -2.19. The van der Waals surface area contributed by atoms with E-state index in [2.05, 4.69) is 140 Å². The molecule has 0 bridgehead atoms. The summed E-state index contributed by atoms with van der Waals surface area (Å²) in [6.45, 7) is 4.73. The van der Waals surface area contributed by atoms with Gasteiger partial charge in [-0.15, -0.1) is 0 Å². The summed E-state index contributed by atoms with van der Waals surface area (Å²) in [5, 5.41) is 6.51. The SMILES string of the molecule is CC1(C)C=Cc2c(c(Cc3ccccc3)c3ccccc3c2C2=Cc3nc4c5ccccc5c5ccccc5n4c3CC2)C1. The zero-order valence-corrected chi connectivity index (χ0v) is 25.3. The Bertz CT molecular complexity index is 2350. The van der Waals surface area contributed by atoms with Crippen LogP contribution in [0.3, 0.4) is 0 Å². The standard InChI is InChI=1S/C42H34N2/c1-42(2)23-22-33-36(26-42)35(24-27-12-4-3-5-13-27)30-15-6-8-17-32(30)40(33)28-20-21-39-37(25-28)43-41-34-18-9-7-14-29(34)31-16-10-11-19-38(31)44(39)41/h3-19,22-23,25H,20-21,24,26H2,1-2H3. The fraction of sp³-hybridized carbons (Fsp3) is 0.167. The van der Waals surface area contributed by atoms with Gasteiger partial charge in [-0.25, -0.2) is 4.98 Å². The fourth-order valence-electron chi connectivity index (χ4n) is 7.91. The number of hydrogen-bond acceptors (Lipinski definition) is 1. The van der Waals surface area contributed by atoms with Gasteiger partial charge < -0.3 is 0 Å². The lowest BCUT2D eigenvalue weighted by molar-refractivity contribution is 0.473. The highest BCUT2D eigenvalue weighted by Crippen LogP contribution is 2.45. The maximum atomic E-state index is 5.36. The molecule has 2 heterocycles. The largest absolute Gasteiger partial charge is 0.295 e. The van der Waals surface area contributed by atoms with Gasteiger partial charge in [0.2, 0.25) is 0 Å². The lowest BCUT2D eigenvalue weighted by Gasteiger charge is -2.32. The second-order valence-corrected chi connectivity index (χ2v) is 13.3. The first-order valence-electron chi connectivity index (χ1n) is 15.9. The zero-order valence-electron chi connectivity index (χ0n) is 25.3. The number of allylic oxidation sites excluding steroid dienone is 2. The first-order chi connectivity index (χ1) is 21.6. The van der Waals surface area contributed by atoms with E-state index in [0.29, 0.717) is 0 Å². The number of aryl methyl sites for hydroxylation is 1. The molecule has 0 atom stereocenters. The third-order valence-electron chi connectivity index (χ3n) is 9.91. The Morgan fingerprint density at radius 2 is 1.39 bits per heavy atom. The summed E-state index contributed by atoms with van der Waals surface area (Å²) in [7, 11) is 0. The minimum atomic E-state index is 0.121. The fourth-order valence-corrected chi connectivity index (χ4v) is 7.91. The Labute approximate surface area is 258 Å². The Morgan fingerprint density at radius 3 is 2.20 bits per heavy atom. The van der Waals surface area contributed by atoms with Crippen LogP contribution in [0.15, 0.2) is 109 Å². The molecule has 0 saturated heterocycles. The zero-order chi connectivity index (χ0) is 29.4. The molecule has 0 unspecified atom stereocenters. The predicted molar refractivity (Wildman–Crippen MR) is 186 cm³/mol. The molecule has 0 amide bonds. The van der Waals surface area contributed by atoms with E-state index in [1.54, 1.807) is 0 Å². The summed E-state index contributed by atoms with van der Waals surface area (Å²) in [6, 6.07) is 37.6. The van der Waals surface area contributed by atoms with E-state index < -0.39 is 0 Å². The van der Waals surface area contributed by atoms with Crippen LogP contribution in [0.1, 0.15) is 59.5 Å². The van der Waals surface area contributed by atoms with E-state index in [-0.39, 0.29) is 5.41 Å². The van der Waals surface area contributed by atoms with Gasteiger partial charge in [-0.2, -0.15) is 0 Å². The van der Waals surface area contributed by atoms with Gasteiger partial charge in [0.05, 0.1) is 16.9 Å². The molecule has 0 fully saturated rings. The van der Waals surface area contributed by atoms with Crippen LogP contribution < -0.4 is 0 Å².